The van der Waals surface area contributed by atoms with Gasteiger partial charge in [-0.25, -0.2) is 0 Å². The lowest BCUT2D eigenvalue weighted by molar-refractivity contribution is -0.129. The zero-order chi connectivity index (χ0) is 14.3. The first-order valence-corrected chi connectivity index (χ1v) is 6.76. The third-order valence-corrected chi connectivity index (χ3v) is 2.69. The van der Waals surface area contributed by atoms with Crippen LogP contribution in [0, 0.1) is 5.92 Å². The van der Waals surface area contributed by atoms with Crippen LogP contribution in [0.3, 0.4) is 0 Å². The second-order valence-electron chi connectivity index (χ2n) is 5.96. The molecule has 1 aliphatic heterocycles. The Morgan fingerprint density at radius 2 is 1.78 bits per heavy atom. The maximum absolute atomic E-state index is 8.08. The Balaban J connectivity index is 0.000000494. The lowest BCUT2D eigenvalue weighted by atomic mass is 9.95. The van der Waals surface area contributed by atoms with Crippen molar-refractivity contribution in [2.45, 2.75) is 78.0 Å². The van der Waals surface area contributed by atoms with Gasteiger partial charge in [0.2, 0.25) is 0 Å². The molecule has 4 nitrogen and oxygen atoms in total. The van der Waals surface area contributed by atoms with E-state index in [9.17, 15) is 0 Å². The molecule has 18 heavy (non-hydrogen) atoms. The molecule has 110 valence electrons. The fourth-order valence-corrected chi connectivity index (χ4v) is 1.98. The molecular formula is C14H30O4. The first-order valence-electron chi connectivity index (χ1n) is 6.76. The molecule has 1 fully saturated rings. The molecule has 3 unspecified atom stereocenters. The Kier molecular flexibility index (Phi) is 8.03. The van der Waals surface area contributed by atoms with Crippen LogP contribution >= 0.6 is 0 Å². The van der Waals surface area contributed by atoms with E-state index in [1.54, 1.807) is 7.11 Å². The lowest BCUT2D eigenvalue weighted by Gasteiger charge is -2.35. The van der Waals surface area contributed by atoms with E-state index in [0.29, 0.717) is 24.2 Å². The molecule has 3 atom stereocenters. The number of aliphatic hydroxyl groups is 2. The summed E-state index contributed by atoms with van der Waals surface area (Å²) in [5.41, 5.74) is 0. The highest BCUT2D eigenvalue weighted by atomic mass is 16.5. The number of methoxy groups -OCH3 is 1. The Labute approximate surface area is 111 Å². The van der Waals surface area contributed by atoms with E-state index in [1.165, 1.54) is 13.8 Å². The Morgan fingerprint density at radius 3 is 2.17 bits per heavy atom. The van der Waals surface area contributed by atoms with Crippen LogP contribution < -0.4 is 0 Å². The molecule has 2 N–H and O–H groups in total. The van der Waals surface area contributed by atoms with E-state index < -0.39 is 5.79 Å². The molecule has 0 amide bonds. The minimum absolute atomic E-state index is 0.314. The molecule has 0 aromatic carbocycles. The maximum atomic E-state index is 8.08. The molecule has 1 saturated heterocycles. The Hall–Kier alpha value is -0.160. The van der Waals surface area contributed by atoms with Crippen molar-refractivity contribution in [2.24, 2.45) is 5.92 Å². The SMILES string of the molecule is CC(C)(O)O.COC1CCC(C)OC1CC(C)C. The summed E-state index contributed by atoms with van der Waals surface area (Å²) in [7, 11) is 1.79. The summed E-state index contributed by atoms with van der Waals surface area (Å²) in [6.45, 7) is 9.21. The fourth-order valence-electron chi connectivity index (χ4n) is 1.98. The predicted octanol–water partition coefficient (Wildman–Crippen LogP) is 2.32. The Morgan fingerprint density at radius 1 is 1.28 bits per heavy atom. The minimum atomic E-state index is -1.50. The quantitative estimate of drug-likeness (QED) is 0.766. The fraction of sp³-hybridized carbons (Fsp3) is 1.00. The van der Waals surface area contributed by atoms with Gasteiger partial charge in [0.25, 0.3) is 0 Å². The second kappa shape index (κ2) is 8.10. The molecule has 4 heteroatoms. The normalized spacial score (nSPS) is 28.8. The number of ether oxygens (including phenoxy) is 2. The van der Waals surface area contributed by atoms with E-state index in [4.69, 9.17) is 19.7 Å². The van der Waals surface area contributed by atoms with Crippen LogP contribution in [0.15, 0.2) is 0 Å². The van der Waals surface area contributed by atoms with E-state index >= 15 is 0 Å². The van der Waals surface area contributed by atoms with Crippen molar-refractivity contribution in [1.82, 2.24) is 0 Å². The number of hydrogen-bond donors (Lipinski definition) is 2. The van der Waals surface area contributed by atoms with E-state index in [1.807, 2.05) is 0 Å². The second-order valence-corrected chi connectivity index (χ2v) is 5.96. The summed E-state index contributed by atoms with van der Waals surface area (Å²) in [4.78, 5) is 0. The van der Waals surface area contributed by atoms with Crippen LogP contribution in [-0.4, -0.2) is 41.4 Å². The number of hydrogen-bond acceptors (Lipinski definition) is 4. The highest BCUT2D eigenvalue weighted by Gasteiger charge is 2.29. The minimum Gasteiger partial charge on any atom is -0.379 e. The zero-order valence-corrected chi connectivity index (χ0v) is 12.6. The van der Waals surface area contributed by atoms with Crippen LogP contribution in [0.4, 0.5) is 0 Å². The molecule has 1 rings (SSSR count). The third-order valence-electron chi connectivity index (χ3n) is 2.69. The average molecular weight is 262 g/mol. The van der Waals surface area contributed by atoms with Crippen LogP contribution in [0.5, 0.6) is 0 Å². The Bertz CT molecular complexity index is 202. The molecule has 1 aliphatic rings. The topological polar surface area (TPSA) is 58.9 Å². The summed E-state index contributed by atoms with van der Waals surface area (Å²) < 4.78 is 11.3. The van der Waals surface area contributed by atoms with Gasteiger partial charge < -0.3 is 19.7 Å². The summed E-state index contributed by atoms with van der Waals surface area (Å²) in [5, 5.41) is 16.2. The predicted molar refractivity (Wildman–Crippen MR) is 72.3 cm³/mol. The largest absolute Gasteiger partial charge is 0.379 e. The smallest absolute Gasteiger partial charge is 0.156 e. The molecule has 0 radical (unpaired) electrons. The van der Waals surface area contributed by atoms with Gasteiger partial charge in [0, 0.05) is 7.11 Å². The molecule has 0 bridgehead atoms. The van der Waals surface area contributed by atoms with Gasteiger partial charge in [-0.3, -0.25) is 0 Å². The molecule has 0 aromatic rings. The van der Waals surface area contributed by atoms with Gasteiger partial charge in [0.05, 0.1) is 18.3 Å². The van der Waals surface area contributed by atoms with E-state index in [2.05, 4.69) is 20.8 Å². The van der Waals surface area contributed by atoms with Gasteiger partial charge in [-0.2, -0.15) is 0 Å². The maximum Gasteiger partial charge on any atom is 0.156 e. The average Bonchev–Trinajstić information content (AvgIpc) is 2.14. The summed E-state index contributed by atoms with van der Waals surface area (Å²) in [5.74, 6) is -0.812. The highest BCUT2D eigenvalue weighted by Crippen LogP contribution is 2.25. The van der Waals surface area contributed by atoms with Crippen molar-refractivity contribution in [2.75, 3.05) is 7.11 Å². The zero-order valence-electron chi connectivity index (χ0n) is 12.6. The molecule has 0 aromatic heterocycles. The van der Waals surface area contributed by atoms with Crippen molar-refractivity contribution in [3.05, 3.63) is 0 Å². The van der Waals surface area contributed by atoms with Gasteiger partial charge in [-0.1, -0.05) is 13.8 Å². The molecular weight excluding hydrogens is 232 g/mol. The van der Waals surface area contributed by atoms with E-state index in [0.717, 1.165) is 19.3 Å². The van der Waals surface area contributed by atoms with Gasteiger partial charge >= 0.3 is 0 Å². The summed E-state index contributed by atoms with van der Waals surface area (Å²) in [6.07, 6.45) is 4.44. The van der Waals surface area contributed by atoms with Crippen LogP contribution in [0.25, 0.3) is 0 Å². The van der Waals surface area contributed by atoms with Gasteiger partial charge in [0.1, 0.15) is 0 Å². The van der Waals surface area contributed by atoms with Gasteiger partial charge in [0.15, 0.2) is 5.79 Å². The molecule has 1 heterocycles. The van der Waals surface area contributed by atoms with Crippen molar-refractivity contribution < 1.29 is 19.7 Å². The van der Waals surface area contributed by atoms with E-state index in [-0.39, 0.29) is 0 Å². The molecule has 0 aliphatic carbocycles. The summed E-state index contributed by atoms with van der Waals surface area (Å²) in [6, 6.07) is 0. The monoisotopic (exact) mass is 262 g/mol. The van der Waals surface area contributed by atoms with Crippen LogP contribution in [0.2, 0.25) is 0 Å². The van der Waals surface area contributed by atoms with Crippen LogP contribution in [-0.2, 0) is 9.47 Å². The summed E-state index contributed by atoms with van der Waals surface area (Å²) >= 11 is 0. The first-order chi connectivity index (χ1) is 8.13. The molecule has 0 saturated carbocycles. The van der Waals surface area contributed by atoms with Crippen molar-refractivity contribution in [3.63, 3.8) is 0 Å². The van der Waals surface area contributed by atoms with Gasteiger partial charge in [-0.05, 0) is 46.0 Å². The third kappa shape index (κ3) is 9.83. The lowest BCUT2D eigenvalue weighted by Crippen LogP contribution is -2.39. The molecule has 0 spiro atoms. The van der Waals surface area contributed by atoms with Crippen LogP contribution in [0.1, 0.15) is 53.9 Å². The first kappa shape index (κ1) is 17.8. The highest BCUT2D eigenvalue weighted by molar-refractivity contribution is 4.78. The van der Waals surface area contributed by atoms with Crippen molar-refractivity contribution >= 4 is 0 Å². The standard InChI is InChI=1S/C11H22O2.C3H8O2/c1-8(2)7-11-10(12-4)6-5-9(3)13-11;1-3(2,4)5/h8-11H,5-7H2,1-4H3;4-5H,1-2H3. The van der Waals surface area contributed by atoms with Crippen molar-refractivity contribution in [1.29, 1.82) is 0 Å². The van der Waals surface area contributed by atoms with Gasteiger partial charge in [-0.15, -0.1) is 0 Å². The van der Waals surface area contributed by atoms with Crippen molar-refractivity contribution in [3.8, 4) is 0 Å². The number of rotatable bonds is 3.